The van der Waals surface area contributed by atoms with Gasteiger partial charge in [0.15, 0.2) is 18.0 Å². The van der Waals surface area contributed by atoms with Crippen LogP contribution in [0.15, 0.2) is 45.6 Å². The predicted octanol–water partition coefficient (Wildman–Crippen LogP) is 4.72. The molecule has 0 amide bonds. The number of carbonyl (C=O) groups is 2. The summed E-state index contributed by atoms with van der Waals surface area (Å²) >= 11 is 0. The smallest absolute Gasteiger partial charge is 0.349 e. The Morgan fingerprint density at radius 3 is 2.43 bits per heavy atom. The van der Waals surface area contributed by atoms with E-state index < -0.39 is 11.6 Å². The Bertz CT molecular complexity index is 1190. The summed E-state index contributed by atoms with van der Waals surface area (Å²) in [5.41, 5.74) is 2.27. The first kappa shape index (κ1) is 21.3. The van der Waals surface area contributed by atoms with E-state index in [1.54, 1.807) is 13.0 Å². The third-order valence-electron chi connectivity index (χ3n) is 4.79. The van der Waals surface area contributed by atoms with Crippen LogP contribution in [0.3, 0.4) is 0 Å². The molecule has 3 aromatic rings. The Morgan fingerprint density at radius 1 is 1.03 bits per heavy atom. The Hall–Kier alpha value is -3.41. The first-order chi connectivity index (χ1) is 14.2. The average Bonchev–Trinajstić information content (AvgIpc) is 2.65. The molecule has 0 aliphatic heterocycles. The van der Waals surface area contributed by atoms with Gasteiger partial charge in [-0.2, -0.15) is 0 Å². The molecule has 0 unspecified atom stereocenters. The van der Waals surface area contributed by atoms with Crippen LogP contribution in [0.4, 0.5) is 0 Å². The molecule has 6 nitrogen and oxygen atoms in total. The minimum Gasteiger partial charge on any atom is -0.482 e. The Morgan fingerprint density at radius 2 is 1.77 bits per heavy atom. The molecule has 0 aliphatic carbocycles. The Balaban J connectivity index is 1.87. The van der Waals surface area contributed by atoms with Crippen molar-refractivity contribution >= 4 is 22.7 Å². The van der Waals surface area contributed by atoms with Crippen LogP contribution < -0.4 is 15.1 Å². The zero-order chi connectivity index (χ0) is 22.0. The molecule has 0 N–H and O–H groups in total. The summed E-state index contributed by atoms with van der Waals surface area (Å²) in [5.74, 6) is -0.158. The first-order valence-corrected chi connectivity index (χ1v) is 9.69. The molecule has 0 saturated carbocycles. The third kappa shape index (κ3) is 4.43. The number of hydrogen-bond acceptors (Lipinski definition) is 6. The van der Waals surface area contributed by atoms with E-state index in [0.29, 0.717) is 16.7 Å². The second-order valence-electron chi connectivity index (χ2n) is 7.58. The molecule has 0 radical (unpaired) electrons. The van der Waals surface area contributed by atoms with Gasteiger partial charge >= 0.3 is 11.6 Å². The fourth-order valence-electron chi connectivity index (χ4n) is 3.32. The number of Topliss-reactive ketones (excluding diaryl/α,β-unsaturated/α-hetero) is 1. The number of benzene rings is 2. The molecule has 0 atom stereocenters. The van der Waals surface area contributed by atoms with Crippen LogP contribution in [0.1, 0.15) is 53.7 Å². The second kappa shape index (κ2) is 8.53. The van der Waals surface area contributed by atoms with Crippen LogP contribution in [0, 0.1) is 13.8 Å². The van der Waals surface area contributed by atoms with Crippen LogP contribution in [0.2, 0.25) is 0 Å². The molecular weight excluding hydrogens is 384 g/mol. The highest BCUT2D eigenvalue weighted by Crippen LogP contribution is 2.30. The summed E-state index contributed by atoms with van der Waals surface area (Å²) in [7, 11) is 0. The maximum absolute atomic E-state index is 12.4. The first-order valence-electron chi connectivity index (χ1n) is 9.69. The molecule has 0 fully saturated rings. The van der Waals surface area contributed by atoms with Crippen molar-refractivity contribution in [1.29, 1.82) is 0 Å². The summed E-state index contributed by atoms with van der Waals surface area (Å²) in [6.07, 6.45) is 0. The molecule has 2 aromatic carbocycles. The van der Waals surface area contributed by atoms with Gasteiger partial charge in [-0.15, -0.1) is 0 Å². The van der Waals surface area contributed by atoms with Crippen molar-refractivity contribution < 1.29 is 23.5 Å². The van der Waals surface area contributed by atoms with Crippen molar-refractivity contribution in [3.8, 4) is 11.5 Å². The van der Waals surface area contributed by atoms with Gasteiger partial charge in [-0.3, -0.25) is 4.79 Å². The van der Waals surface area contributed by atoms with Crippen molar-refractivity contribution in [3.63, 3.8) is 0 Å². The predicted molar refractivity (Wildman–Crippen MR) is 114 cm³/mol. The van der Waals surface area contributed by atoms with Gasteiger partial charge in [-0.25, -0.2) is 9.59 Å². The molecule has 3 rings (SSSR count). The monoisotopic (exact) mass is 408 g/mol. The van der Waals surface area contributed by atoms with Gasteiger partial charge in [-0.1, -0.05) is 26.0 Å². The highest BCUT2D eigenvalue weighted by molar-refractivity contribution is 6.08. The number of hydrogen-bond donors (Lipinski definition) is 0. The van der Waals surface area contributed by atoms with E-state index in [0.717, 1.165) is 11.1 Å². The molecule has 0 bridgehead atoms. The largest absolute Gasteiger partial charge is 0.482 e. The maximum Gasteiger partial charge on any atom is 0.349 e. The van der Waals surface area contributed by atoms with E-state index in [-0.39, 0.29) is 35.2 Å². The summed E-state index contributed by atoms with van der Waals surface area (Å²) in [4.78, 5) is 36.5. The topological polar surface area (TPSA) is 82.8 Å². The Kier molecular flexibility index (Phi) is 6.06. The van der Waals surface area contributed by atoms with E-state index in [4.69, 9.17) is 13.9 Å². The summed E-state index contributed by atoms with van der Waals surface area (Å²) in [6.45, 7) is 8.78. The minimum atomic E-state index is -0.664. The summed E-state index contributed by atoms with van der Waals surface area (Å²) < 4.78 is 16.3. The van der Waals surface area contributed by atoms with Crippen LogP contribution >= 0.6 is 0 Å². The molecule has 156 valence electrons. The maximum atomic E-state index is 12.4. The SMILES string of the molecule is CC(=O)c1c(OC(=O)COc2cc(C)ccc2C(C)C)ccc2c(C)cc(=O)oc12. The second-order valence-corrected chi connectivity index (χ2v) is 7.58. The summed E-state index contributed by atoms with van der Waals surface area (Å²) in [6, 6.07) is 10.4. The van der Waals surface area contributed by atoms with Gasteiger partial charge in [0.05, 0.1) is 0 Å². The number of ketones is 1. The Labute approximate surface area is 174 Å². The molecule has 6 heteroatoms. The van der Waals surface area contributed by atoms with Crippen LogP contribution in [0.25, 0.3) is 11.0 Å². The number of esters is 1. The average molecular weight is 408 g/mol. The number of rotatable bonds is 6. The standard InChI is InChI=1S/C24H24O6/c1-13(2)17-7-6-14(3)10-20(17)28-12-22(27)29-19-9-8-18-15(4)11-21(26)30-24(18)23(19)16(5)25/h6-11,13H,12H2,1-5H3. The number of aryl methyl sites for hydroxylation is 2. The lowest BCUT2D eigenvalue weighted by Crippen LogP contribution is -2.19. The molecule has 30 heavy (non-hydrogen) atoms. The molecule has 1 aromatic heterocycles. The van der Waals surface area contributed by atoms with Crippen LogP contribution in [-0.2, 0) is 4.79 Å². The van der Waals surface area contributed by atoms with E-state index in [2.05, 4.69) is 0 Å². The van der Waals surface area contributed by atoms with Crippen LogP contribution in [0.5, 0.6) is 11.5 Å². The van der Waals surface area contributed by atoms with E-state index >= 15 is 0 Å². The fraction of sp³-hybridized carbons (Fsp3) is 0.292. The molecular formula is C24H24O6. The van der Waals surface area contributed by atoms with Gasteiger partial charge in [-0.05, 0) is 61.6 Å². The fourth-order valence-corrected chi connectivity index (χ4v) is 3.32. The van der Waals surface area contributed by atoms with E-state index in [9.17, 15) is 14.4 Å². The van der Waals surface area contributed by atoms with Crippen molar-refractivity contribution in [3.05, 3.63) is 69.1 Å². The van der Waals surface area contributed by atoms with E-state index in [1.807, 2.05) is 39.0 Å². The summed E-state index contributed by atoms with van der Waals surface area (Å²) in [5, 5.41) is 0.609. The van der Waals surface area contributed by atoms with Crippen LogP contribution in [-0.4, -0.2) is 18.4 Å². The van der Waals surface area contributed by atoms with Gasteiger partial charge in [0.25, 0.3) is 0 Å². The van der Waals surface area contributed by atoms with Crippen molar-refractivity contribution in [1.82, 2.24) is 0 Å². The van der Waals surface area contributed by atoms with E-state index in [1.165, 1.54) is 19.1 Å². The lowest BCUT2D eigenvalue weighted by Gasteiger charge is -2.15. The minimum absolute atomic E-state index is 0.0330. The van der Waals surface area contributed by atoms with Crippen molar-refractivity contribution in [2.24, 2.45) is 0 Å². The van der Waals surface area contributed by atoms with Gasteiger partial charge in [0.2, 0.25) is 0 Å². The van der Waals surface area contributed by atoms with Gasteiger partial charge in [0, 0.05) is 11.5 Å². The molecule has 1 heterocycles. The molecule has 0 spiro atoms. The van der Waals surface area contributed by atoms with Crippen molar-refractivity contribution in [2.45, 2.75) is 40.5 Å². The zero-order valence-electron chi connectivity index (χ0n) is 17.7. The lowest BCUT2D eigenvalue weighted by molar-refractivity contribution is -0.136. The zero-order valence-corrected chi connectivity index (χ0v) is 17.7. The molecule has 0 aliphatic rings. The normalized spacial score (nSPS) is 11.0. The number of carbonyl (C=O) groups excluding carboxylic acids is 2. The van der Waals surface area contributed by atoms with Crippen molar-refractivity contribution in [2.75, 3.05) is 6.61 Å². The van der Waals surface area contributed by atoms with Gasteiger partial charge in [0.1, 0.15) is 17.1 Å². The third-order valence-corrected chi connectivity index (χ3v) is 4.79. The number of ether oxygens (including phenoxy) is 2. The lowest BCUT2D eigenvalue weighted by atomic mass is 10.0. The highest BCUT2D eigenvalue weighted by Gasteiger charge is 2.20. The molecule has 0 saturated heterocycles. The number of fused-ring (bicyclic) bond motifs is 1. The van der Waals surface area contributed by atoms with Gasteiger partial charge < -0.3 is 13.9 Å². The quantitative estimate of drug-likeness (QED) is 0.254. The highest BCUT2D eigenvalue weighted by atomic mass is 16.6.